The first kappa shape index (κ1) is 19.1. The fraction of sp³-hybridized carbons (Fsp3) is 0.519. The van der Waals surface area contributed by atoms with E-state index in [-0.39, 0.29) is 5.66 Å². The van der Waals surface area contributed by atoms with E-state index in [4.69, 9.17) is 4.99 Å². The van der Waals surface area contributed by atoms with Gasteiger partial charge in [0.1, 0.15) is 5.66 Å². The lowest BCUT2D eigenvalue weighted by Crippen LogP contribution is -2.34. The summed E-state index contributed by atoms with van der Waals surface area (Å²) in [5.41, 5.74) is 4.15. The van der Waals surface area contributed by atoms with Crippen LogP contribution in [0.1, 0.15) is 87.8 Å². The average molecular weight is 387 g/mol. The number of hydrogen-bond acceptors (Lipinski definition) is 2. The van der Waals surface area contributed by atoms with Crippen molar-refractivity contribution < 1.29 is 0 Å². The number of rotatable bonds is 2. The zero-order valence-electron chi connectivity index (χ0n) is 17.6. The van der Waals surface area contributed by atoms with Crippen LogP contribution in [0.15, 0.2) is 65.7 Å². The smallest absolute Gasteiger partial charge is 0.114 e. The van der Waals surface area contributed by atoms with Gasteiger partial charge < -0.3 is 0 Å². The summed E-state index contributed by atoms with van der Waals surface area (Å²) in [6, 6.07) is 23.1. The summed E-state index contributed by atoms with van der Waals surface area (Å²) in [7, 11) is 0. The highest BCUT2D eigenvalue weighted by atomic mass is 15.5. The van der Waals surface area contributed by atoms with Crippen molar-refractivity contribution in [3.63, 3.8) is 0 Å². The molecule has 2 aromatic rings. The van der Waals surface area contributed by atoms with E-state index in [1.54, 1.807) is 0 Å². The quantitative estimate of drug-likeness (QED) is 0.512. The molecule has 3 atom stereocenters. The first-order valence-corrected chi connectivity index (χ1v) is 11.9. The van der Waals surface area contributed by atoms with Gasteiger partial charge in [-0.1, -0.05) is 106 Å². The van der Waals surface area contributed by atoms with E-state index in [0.29, 0.717) is 12.1 Å². The molecule has 1 spiro atoms. The van der Waals surface area contributed by atoms with Crippen molar-refractivity contribution in [1.29, 1.82) is 0 Å². The number of fused-ring (bicyclic) bond motifs is 2. The Kier molecular flexibility index (Phi) is 5.54. The second-order valence-electron chi connectivity index (χ2n) is 9.24. The lowest BCUT2D eigenvalue weighted by molar-refractivity contribution is 0.182. The molecule has 2 nitrogen and oxygen atoms in total. The standard InChI is InChI=1S/C27H34N2/c1-2-4-6-14-20-27(21-15-7-5-3-1)28-24(22-16-10-8-11-17-22)26-25(29(26)27)23-18-12-9-13-19-23/h8-13,16-19,25-26H,1-7,14-15,20-21H2. The monoisotopic (exact) mass is 386 g/mol. The summed E-state index contributed by atoms with van der Waals surface area (Å²) in [4.78, 5) is 8.30. The van der Waals surface area contributed by atoms with Gasteiger partial charge >= 0.3 is 0 Å². The topological polar surface area (TPSA) is 15.4 Å². The van der Waals surface area contributed by atoms with Gasteiger partial charge in [0.2, 0.25) is 0 Å². The minimum Gasteiger partial charge on any atom is -0.265 e. The summed E-state index contributed by atoms with van der Waals surface area (Å²) in [5, 5.41) is 0. The van der Waals surface area contributed by atoms with E-state index in [9.17, 15) is 0 Å². The predicted molar refractivity (Wildman–Crippen MR) is 121 cm³/mol. The summed E-state index contributed by atoms with van der Waals surface area (Å²) in [6.07, 6.45) is 14.9. The molecule has 2 fully saturated rings. The highest BCUT2D eigenvalue weighted by Gasteiger charge is 2.64. The maximum absolute atomic E-state index is 5.53. The third-order valence-electron chi connectivity index (χ3n) is 7.26. The van der Waals surface area contributed by atoms with Gasteiger partial charge in [0.15, 0.2) is 0 Å². The Morgan fingerprint density at radius 2 is 1.14 bits per heavy atom. The predicted octanol–water partition coefficient (Wildman–Crippen LogP) is 6.92. The first-order chi connectivity index (χ1) is 14.4. The molecule has 3 aliphatic rings. The maximum Gasteiger partial charge on any atom is 0.114 e. The van der Waals surface area contributed by atoms with Gasteiger partial charge in [0, 0.05) is 0 Å². The van der Waals surface area contributed by atoms with Crippen LogP contribution < -0.4 is 0 Å². The normalized spacial score (nSPS) is 29.4. The van der Waals surface area contributed by atoms with Crippen LogP contribution in [0.25, 0.3) is 0 Å². The molecule has 5 rings (SSSR count). The van der Waals surface area contributed by atoms with Crippen molar-refractivity contribution in [2.45, 2.75) is 88.4 Å². The van der Waals surface area contributed by atoms with Crippen molar-refractivity contribution in [2.24, 2.45) is 4.99 Å². The van der Waals surface area contributed by atoms with E-state index in [1.165, 1.54) is 87.5 Å². The molecule has 152 valence electrons. The Morgan fingerprint density at radius 1 is 0.621 bits per heavy atom. The van der Waals surface area contributed by atoms with Gasteiger partial charge in [0.25, 0.3) is 0 Å². The molecule has 2 aliphatic heterocycles. The minimum absolute atomic E-state index is 0.0234. The van der Waals surface area contributed by atoms with Crippen molar-refractivity contribution in [1.82, 2.24) is 4.90 Å². The van der Waals surface area contributed by atoms with Crippen molar-refractivity contribution in [3.8, 4) is 0 Å². The molecule has 0 bridgehead atoms. The molecule has 0 radical (unpaired) electrons. The fourth-order valence-electron chi connectivity index (χ4n) is 5.76. The van der Waals surface area contributed by atoms with Crippen LogP contribution in [0.2, 0.25) is 0 Å². The second kappa shape index (κ2) is 8.44. The van der Waals surface area contributed by atoms with Crippen LogP contribution in [0.4, 0.5) is 0 Å². The van der Waals surface area contributed by atoms with E-state index in [2.05, 4.69) is 65.6 Å². The van der Waals surface area contributed by atoms with Crippen LogP contribution in [0, 0.1) is 0 Å². The van der Waals surface area contributed by atoms with E-state index >= 15 is 0 Å². The Balaban J connectivity index is 1.48. The Morgan fingerprint density at radius 3 is 1.72 bits per heavy atom. The van der Waals surface area contributed by atoms with Gasteiger partial charge in [-0.2, -0.15) is 0 Å². The molecule has 2 aromatic carbocycles. The Hall–Kier alpha value is -1.93. The Labute approximate surface area is 176 Å². The van der Waals surface area contributed by atoms with Crippen LogP contribution in [0.5, 0.6) is 0 Å². The summed E-state index contributed by atoms with van der Waals surface area (Å²) >= 11 is 0. The highest BCUT2D eigenvalue weighted by Crippen LogP contribution is 2.58. The number of aliphatic imine (C=N–C) groups is 1. The fourth-order valence-corrected chi connectivity index (χ4v) is 5.76. The zero-order valence-corrected chi connectivity index (χ0v) is 17.6. The van der Waals surface area contributed by atoms with Crippen LogP contribution in [0.3, 0.4) is 0 Å². The van der Waals surface area contributed by atoms with Gasteiger partial charge in [-0.05, 0) is 36.8 Å². The third-order valence-corrected chi connectivity index (χ3v) is 7.26. The molecule has 2 heterocycles. The summed E-state index contributed by atoms with van der Waals surface area (Å²) < 4.78 is 0. The van der Waals surface area contributed by atoms with E-state index in [1.807, 2.05) is 0 Å². The first-order valence-electron chi connectivity index (χ1n) is 11.9. The molecule has 29 heavy (non-hydrogen) atoms. The molecular weight excluding hydrogens is 352 g/mol. The highest BCUT2D eigenvalue weighted by molar-refractivity contribution is 6.08. The van der Waals surface area contributed by atoms with Gasteiger partial charge in [0.05, 0.1) is 17.8 Å². The number of nitrogens with zero attached hydrogens (tertiary/aromatic N) is 2. The lowest BCUT2D eigenvalue weighted by atomic mass is 9.92. The van der Waals surface area contributed by atoms with Crippen molar-refractivity contribution >= 4 is 5.71 Å². The van der Waals surface area contributed by atoms with Gasteiger partial charge in [-0.25, -0.2) is 0 Å². The van der Waals surface area contributed by atoms with Gasteiger partial charge in [-0.3, -0.25) is 9.89 Å². The minimum atomic E-state index is 0.0234. The molecule has 1 saturated carbocycles. The van der Waals surface area contributed by atoms with Crippen molar-refractivity contribution in [3.05, 3.63) is 71.8 Å². The molecule has 0 aromatic heterocycles. The molecule has 1 aliphatic carbocycles. The average Bonchev–Trinajstić information content (AvgIpc) is 3.43. The maximum atomic E-state index is 5.53. The van der Waals surface area contributed by atoms with E-state index < -0.39 is 0 Å². The van der Waals surface area contributed by atoms with Crippen LogP contribution in [-0.4, -0.2) is 22.3 Å². The second-order valence-corrected chi connectivity index (χ2v) is 9.24. The molecule has 0 N–H and O–H groups in total. The lowest BCUT2D eigenvalue weighted by Gasteiger charge is -2.31. The summed E-state index contributed by atoms with van der Waals surface area (Å²) in [5.74, 6) is 0. The zero-order chi connectivity index (χ0) is 19.5. The van der Waals surface area contributed by atoms with Crippen LogP contribution in [-0.2, 0) is 0 Å². The SMILES string of the molecule is c1ccc(C2=NC3(CCCCCCCCCCC3)N3C2C3c2ccccc2)cc1. The molecule has 1 saturated heterocycles. The molecule has 2 heteroatoms. The molecule has 0 amide bonds. The van der Waals surface area contributed by atoms with Gasteiger partial charge in [-0.15, -0.1) is 0 Å². The Bertz CT molecular complexity index is 814. The van der Waals surface area contributed by atoms with E-state index in [0.717, 1.165) is 0 Å². The molecular formula is C27H34N2. The largest absolute Gasteiger partial charge is 0.265 e. The third kappa shape index (κ3) is 3.80. The molecule has 3 unspecified atom stereocenters. The van der Waals surface area contributed by atoms with Crippen LogP contribution >= 0.6 is 0 Å². The summed E-state index contributed by atoms with van der Waals surface area (Å²) in [6.45, 7) is 0. The number of hydrogen-bond donors (Lipinski definition) is 0. The number of benzene rings is 2. The van der Waals surface area contributed by atoms with Crippen molar-refractivity contribution in [2.75, 3.05) is 0 Å².